The normalized spacial score (nSPS) is 11.4. The summed E-state index contributed by atoms with van der Waals surface area (Å²) in [6.45, 7) is 1.90. The number of phenolic OH excluding ortho intramolecular Hbond substituents is 1. The number of aromatic nitrogens is 2. The highest BCUT2D eigenvalue weighted by atomic mass is 79.9. The molecule has 4 rings (SSSR count). The topological polar surface area (TPSA) is 113 Å². The van der Waals surface area contributed by atoms with Gasteiger partial charge in [-0.25, -0.2) is 14.4 Å². The average molecular weight is 614 g/mol. The lowest BCUT2D eigenvalue weighted by Gasteiger charge is -2.12. The van der Waals surface area contributed by atoms with Crippen LogP contribution >= 0.6 is 38.9 Å². The number of nitrogens with zero attached hydrogens (tertiary/aromatic N) is 2. The summed E-state index contributed by atoms with van der Waals surface area (Å²) in [4.78, 5) is 8.45. The zero-order valence-corrected chi connectivity index (χ0v) is 22.8. The SMILES string of the molecule is COc1cccc(CNc2cnc(S(=O)(=O)Nc3nc(-c4ccc(F)c(Cl)c4)c(Br)s3)c(C)c2)c1O. The predicted molar refractivity (Wildman–Crippen MR) is 142 cm³/mol. The first-order valence-corrected chi connectivity index (χ1v) is 13.8. The van der Waals surface area contributed by atoms with Crippen molar-refractivity contribution in [2.75, 3.05) is 17.1 Å². The maximum atomic E-state index is 13.5. The molecule has 13 heteroatoms. The van der Waals surface area contributed by atoms with Crippen molar-refractivity contribution < 1.29 is 22.7 Å². The van der Waals surface area contributed by atoms with E-state index in [1.807, 2.05) is 0 Å². The second kappa shape index (κ2) is 10.6. The summed E-state index contributed by atoms with van der Waals surface area (Å²) < 4.78 is 47.6. The van der Waals surface area contributed by atoms with Crippen molar-refractivity contribution in [3.63, 3.8) is 0 Å². The van der Waals surface area contributed by atoms with Crippen LogP contribution in [0.25, 0.3) is 11.3 Å². The molecule has 4 aromatic rings. The molecule has 0 amide bonds. The van der Waals surface area contributed by atoms with E-state index >= 15 is 0 Å². The van der Waals surface area contributed by atoms with Crippen molar-refractivity contribution >= 4 is 59.7 Å². The molecule has 0 fully saturated rings. The van der Waals surface area contributed by atoms with E-state index in [9.17, 15) is 17.9 Å². The van der Waals surface area contributed by atoms with Gasteiger partial charge in [0.15, 0.2) is 21.7 Å². The first kappa shape index (κ1) is 26.1. The van der Waals surface area contributed by atoms with E-state index in [1.165, 1.54) is 31.5 Å². The molecule has 0 spiro atoms. The number of aromatic hydroxyl groups is 1. The Bertz CT molecular complexity index is 1550. The molecule has 2 heterocycles. The number of thiazole rings is 1. The number of hydrogen-bond donors (Lipinski definition) is 3. The van der Waals surface area contributed by atoms with Crippen LogP contribution < -0.4 is 14.8 Å². The third-order valence-electron chi connectivity index (χ3n) is 5.07. The number of aryl methyl sites for hydroxylation is 1. The molecular formula is C23H19BrClFN4O4S2. The zero-order chi connectivity index (χ0) is 26.0. The van der Waals surface area contributed by atoms with Crippen molar-refractivity contribution in [3.8, 4) is 22.8 Å². The molecule has 2 aromatic carbocycles. The van der Waals surface area contributed by atoms with Crippen LogP contribution in [-0.4, -0.2) is 30.6 Å². The fourth-order valence-electron chi connectivity index (χ4n) is 3.34. The second-order valence-corrected chi connectivity index (χ2v) is 11.9. The molecule has 3 N–H and O–H groups in total. The number of halogens is 3. The van der Waals surface area contributed by atoms with Gasteiger partial charge in [-0.3, -0.25) is 4.72 Å². The summed E-state index contributed by atoms with van der Waals surface area (Å²) in [6.07, 6.45) is 1.39. The van der Waals surface area contributed by atoms with Crippen LogP contribution in [0.2, 0.25) is 5.02 Å². The number of hydrogen-bond acceptors (Lipinski definition) is 8. The number of sulfonamides is 1. The van der Waals surface area contributed by atoms with Crippen LogP contribution in [0.4, 0.5) is 15.2 Å². The smallest absolute Gasteiger partial charge is 0.281 e. The lowest BCUT2D eigenvalue weighted by atomic mass is 10.2. The lowest BCUT2D eigenvalue weighted by molar-refractivity contribution is 0.371. The monoisotopic (exact) mass is 612 g/mol. The summed E-state index contributed by atoms with van der Waals surface area (Å²) in [7, 11) is -2.58. The number of anilines is 2. The van der Waals surface area contributed by atoms with E-state index in [0.29, 0.717) is 37.6 Å². The number of para-hydroxylation sites is 1. The molecule has 0 aliphatic carbocycles. The Balaban J connectivity index is 1.51. The van der Waals surface area contributed by atoms with E-state index in [0.717, 1.165) is 11.3 Å². The molecule has 0 atom stereocenters. The molecule has 0 radical (unpaired) electrons. The average Bonchev–Trinajstić information content (AvgIpc) is 3.19. The largest absolute Gasteiger partial charge is 0.504 e. The summed E-state index contributed by atoms with van der Waals surface area (Å²) in [5.41, 5.74) is 2.54. The maximum absolute atomic E-state index is 13.5. The lowest BCUT2D eigenvalue weighted by Crippen LogP contribution is -2.16. The minimum absolute atomic E-state index is 0.0254. The highest BCUT2D eigenvalue weighted by Crippen LogP contribution is 2.37. The molecule has 2 aromatic heterocycles. The third kappa shape index (κ3) is 5.56. The van der Waals surface area contributed by atoms with Crippen molar-refractivity contribution in [1.29, 1.82) is 0 Å². The Kier molecular flexibility index (Phi) is 7.69. The molecule has 0 aliphatic rings. The van der Waals surface area contributed by atoms with Gasteiger partial charge in [0.25, 0.3) is 10.0 Å². The van der Waals surface area contributed by atoms with Gasteiger partial charge in [-0.2, -0.15) is 8.42 Å². The van der Waals surface area contributed by atoms with Gasteiger partial charge in [0.1, 0.15) is 5.82 Å². The van der Waals surface area contributed by atoms with Gasteiger partial charge in [0, 0.05) is 17.7 Å². The Morgan fingerprint density at radius 1 is 1.25 bits per heavy atom. The van der Waals surface area contributed by atoms with Crippen LogP contribution in [-0.2, 0) is 16.6 Å². The number of pyridine rings is 1. The van der Waals surface area contributed by atoms with E-state index < -0.39 is 15.8 Å². The summed E-state index contributed by atoms with van der Waals surface area (Å²) in [6, 6.07) is 10.9. The molecular weight excluding hydrogens is 595 g/mol. The standard InChI is InChI=1S/C23H19BrClFN4O4S2/c1-12-8-15(27-10-14-4-3-5-18(34-2)20(14)31)11-28-22(12)36(32,33)30-23-29-19(21(24)35-23)13-6-7-17(26)16(25)9-13/h3-9,11,27,31H,10H2,1-2H3,(H,29,30). The highest BCUT2D eigenvalue weighted by Gasteiger charge is 2.22. The molecule has 0 bridgehead atoms. The fraction of sp³-hybridized carbons (Fsp3) is 0.130. The Morgan fingerprint density at radius 2 is 2.03 bits per heavy atom. The van der Waals surface area contributed by atoms with Crippen molar-refractivity contribution in [2.24, 2.45) is 0 Å². The van der Waals surface area contributed by atoms with Crippen LogP contribution in [0.15, 0.2) is 57.5 Å². The first-order chi connectivity index (χ1) is 17.1. The van der Waals surface area contributed by atoms with E-state index in [-0.39, 0.29) is 27.5 Å². The number of phenols is 1. The highest BCUT2D eigenvalue weighted by molar-refractivity contribution is 9.11. The van der Waals surface area contributed by atoms with E-state index in [1.54, 1.807) is 31.2 Å². The van der Waals surface area contributed by atoms with Gasteiger partial charge in [-0.15, -0.1) is 0 Å². The fourth-order valence-corrected chi connectivity index (χ4v) is 6.41. The second-order valence-electron chi connectivity index (χ2n) is 7.54. The number of rotatable bonds is 8. The molecule has 188 valence electrons. The van der Waals surface area contributed by atoms with Crippen molar-refractivity contribution in [1.82, 2.24) is 9.97 Å². The number of nitrogens with one attached hydrogen (secondary N) is 2. The Hall–Kier alpha value is -2.93. The molecule has 0 aliphatic heterocycles. The van der Waals surface area contributed by atoms with Crippen LogP contribution in [0, 0.1) is 12.7 Å². The Labute approximate surface area is 224 Å². The van der Waals surface area contributed by atoms with Crippen molar-refractivity contribution in [3.05, 3.63) is 74.4 Å². The van der Waals surface area contributed by atoms with Gasteiger partial charge >= 0.3 is 0 Å². The van der Waals surface area contributed by atoms with Gasteiger partial charge in [-0.1, -0.05) is 35.1 Å². The number of benzene rings is 2. The molecule has 0 saturated carbocycles. The van der Waals surface area contributed by atoms with Gasteiger partial charge in [0.2, 0.25) is 0 Å². The van der Waals surface area contributed by atoms with E-state index in [2.05, 4.69) is 35.9 Å². The first-order valence-electron chi connectivity index (χ1n) is 10.3. The Morgan fingerprint density at radius 3 is 2.72 bits per heavy atom. The quantitative estimate of drug-likeness (QED) is 0.217. The third-order valence-corrected chi connectivity index (χ3v) is 8.51. The zero-order valence-electron chi connectivity index (χ0n) is 18.8. The molecule has 0 unspecified atom stereocenters. The van der Waals surface area contributed by atoms with Gasteiger partial charge in [-0.05, 0) is 58.7 Å². The van der Waals surface area contributed by atoms with Crippen molar-refractivity contribution in [2.45, 2.75) is 18.5 Å². The van der Waals surface area contributed by atoms with Crippen LogP contribution in [0.5, 0.6) is 11.5 Å². The molecule has 36 heavy (non-hydrogen) atoms. The molecule has 8 nitrogen and oxygen atoms in total. The molecule has 0 saturated heterocycles. The van der Waals surface area contributed by atoms with Crippen LogP contribution in [0.3, 0.4) is 0 Å². The summed E-state index contributed by atoms with van der Waals surface area (Å²) in [5, 5.41) is 13.2. The summed E-state index contributed by atoms with van der Waals surface area (Å²) >= 11 is 10.3. The van der Waals surface area contributed by atoms with Gasteiger partial charge < -0.3 is 15.2 Å². The minimum atomic E-state index is -4.05. The number of methoxy groups -OCH3 is 1. The van der Waals surface area contributed by atoms with Gasteiger partial charge in [0.05, 0.1) is 33.5 Å². The van der Waals surface area contributed by atoms with Crippen LogP contribution in [0.1, 0.15) is 11.1 Å². The minimum Gasteiger partial charge on any atom is -0.504 e. The number of ether oxygens (including phenoxy) is 1. The predicted octanol–water partition coefficient (Wildman–Crippen LogP) is 6.20. The van der Waals surface area contributed by atoms with E-state index in [4.69, 9.17) is 16.3 Å². The maximum Gasteiger partial charge on any atom is 0.281 e. The summed E-state index contributed by atoms with van der Waals surface area (Å²) in [5.74, 6) is -0.180.